The van der Waals surface area contributed by atoms with Gasteiger partial charge in [-0.3, -0.25) is 0 Å². The molecule has 0 spiro atoms. The van der Waals surface area contributed by atoms with Crippen LogP contribution in [-0.4, -0.2) is 9.97 Å². The molecule has 0 aromatic carbocycles. The van der Waals surface area contributed by atoms with E-state index in [1.165, 1.54) is 44.2 Å². The first kappa shape index (κ1) is 12.6. The molecule has 0 bridgehead atoms. The van der Waals surface area contributed by atoms with Crippen LogP contribution in [0.25, 0.3) is 0 Å². The van der Waals surface area contributed by atoms with Crippen LogP contribution in [0.1, 0.15) is 68.8 Å². The van der Waals surface area contributed by atoms with Crippen molar-refractivity contribution in [3.63, 3.8) is 0 Å². The zero-order valence-corrected chi connectivity index (χ0v) is 13.0. The molecule has 2 aliphatic rings. The molecule has 0 saturated heterocycles. The van der Waals surface area contributed by atoms with Gasteiger partial charge in [0.25, 0.3) is 0 Å². The highest BCUT2D eigenvalue weighted by molar-refractivity contribution is 14.1. The molecule has 0 radical (unpaired) electrons. The Labute approximate surface area is 122 Å². The summed E-state index contributed by atoms with van der Waals surface area (Å²) in [4.78, 5) is 9.42. The van der Waals surface area contributed by atoms with E-state index >= 15 is 0 Å². The lowest BCUT2D eigenvalue weighted by Gasteiger charge is -2.26. The Kier molecular flexibility index (Phi) is 3.47. The summed E-state index contributed by atoms with van der Waals surface area (Å²) in [6.07, 6.45) is 7.66. The van der Waals surface area contributed by atoms with E-state index in [0.29, 0.717) is 17.7 Å². The first-order valence-electron chi connectivity index (χ1n) is 6.98. The van der Waals surface area contributed by atoms with Crippen LogP contribution < -0.4 is 5.73 Å². The van der Waals surface area contributed by atoms with Gasteiger partial charge in [0.05, 0.1) is 9.26 Å². The Morgan fingerprint density at radius 2 is 1.89 bits per heavy atom. The van der Waals surface area contributed by atoms with Gasteiger partial charge < -0.3 is 5.73 Å². The van der Waals surface area contributed by atoms with Crippen molar-refractivity contribution in [3.05, 3.63) is 15.1 Å². The molecule has 3 nitrogen and oxygen atoms in total. The fourth-order valence-corrected chi connectivity index (χ4v) is 3.66. The van der Waals surface area contributed by atoms with Gasteiger partial charge in [-0.25, -0.2) is 9.97 Å². The normalized spacial score (nSPS) is 28.3. The SMILES string of the molecule is CC1CCCC(c2nc(N)c(I)c(C3CC3)n2)C1. The smallest absolute Gasteiger partial charge is 0.140 e. The average Bonchev–Trinajstić information content (AvgIpc) is 3.16. The largest absolute Gasteiger partial charge is 0.383 e. The van der Waals surface area contributed by atoms with Crippen molar-refractivity contribution in [3.8, 4) is 0 Å². The van der Waals surface area contributed by atoms with E-state index < -0.39 is 0 Å². The quantitative estimate of drug-likeness (QED) is 0.819. The maximum atomic E-state index is 6.07. The third kappa shape index (κ3) is 2.49. The topological polar surface area (TPSA) is 51.8 Å². The van der Waals surface area contributed by atoms with Crippen LogP contribution in [-0.2, 0) is 0 Å². The summed E-state index contributed by atoms with van der Waals surface area (Å²) in [5.41, 5.74) is 7.29. The van der Waals surface area contributed by atoms with Crippen LogP contribution in [0.4, 0.5) is 5.82 Å². The Hall–Kier alpha value is -0.390. The minimum Gasteiger partial charge on any atom is -0.383 e. The highest BCUT2D eigenvalue weighted by Gasteiger charge is 2.31. The van der Waals surface area contributed by atoms with Gasteiger partial charge in [0.1, 0.15) is 11.6 Å². The first-order valence-corrected chi connectivity index (χ1v) is 8.06. The van der Waals surface area contributed by atoms with Gasteiger partial charge >= 0.3 is 0 Å². The minimum absolute atomic E-state index is 0.533. The van der Waals surface area contributed by atoms with E-state index in [2.05, 4.69) is 34.5 Å². The molecular formula is C14H20IN3. The highest BCUT2D eigenvalue weighted by atomic mass is 127. The Balaban J connectivity index is 1.91. The van der Waals surface area contributed by atoms with Crippen LogP contribution in [0.3, 0.4) is 0 Å². The van der Waals surface area contributed by atoms with Crippen molar-refractivity contribution in [2.75, 3.05) is 5.73 Å². The fourth-order valence-electron chi connectivity index (χ4n) is 2.98. The third-order valence-electron chi connectivity index (χ3n) is 4.19. The molecule has 2 saturated carbocycles. The summed E-state index contributed by atoms with van der Waals surface area (Å²) in [5.74, 6) is 3.70. The third-order valence-corrected chi connectivity index (χ3v) is 5.29. The van der Waals surface area contributed by atoms with Crippen molar-refractivity contribution >= 4 is 28.4 Å². The second kappa shape index (κ2) is 4.94. The van der Waals surface area contributed by atoms with E-state index in [1.807, 2.05) is 0 Å². The van der Waals surface area contributed by atoms with Gasteiger partial charge in [-0.2, -0.15) is 0 Å². The Bertz CT molecular complexity index is 457. The number of aromatic nitrogens is 2. The van der Waals surface area contributed by atoms with Gasteiger partial charge in [0, 0.05) is 11.8 Å². The number of nitrogen functional groups attached to an aromatic ring is 1. The predicted octanol–water partition coefficient (Wildman–Crippen LogP) is 3.83. The van der Waals surface area contributed by atoms with E-state index in [0.717, 1.165) is 15.3 Å². The van der Waals surface area contributed by atoms with Crippen LogP contribution in [0.5, 0.6) is 0 Å². The Morgan fingerprint density at radius 1 is 1.11 bits per heavy atom. The van der Waals surface area contributed by atoms with E-state index in [4.69, 9.17) is 10.7 Å². The second-order valence-electron chi connectivity index (χ2n) is 5.91. The average molecular weight is 357 g/mol. The van der Waals surface area contributed by atoms with Crippen LogP contribution in [0.15, 0.2) is 0 Å². The molecule has 3 rings (SSSR count). The molecule has 0 amide bonds. The highest BCUT2D eigenvalue weighted by Crippen LogP contribution is 2.43. The molecule has 18 heavy (non-hydrogen) atoms. The molecule has 2 aliphatic carbocycles. The summed E-state index contributed by atoms with van der Waals surface area (Å²) in [5, 5.41) is 0. The number of nitrogens with zero attached hydrogens (tertiary/aromatic N) is 2. The fraction of sp³-hybridized carbons (Fsp3) is 0.714. The van der Waals surface area contributed by atoms with Gasteiger partial charge in [0.2, 0.25) is 0 Å². The summed E-state index contributed by atoms with van der Waals surface area (Å²) >= 11 is 2.30. The number of halogens is 1. The van der Waals surface area contributed by atoms with Crippen LogP contribution in [0.2, 0.25) is 0 Å². The van der Waals surface area contributed by atoms with Gasteiger partial charge in [-0.05, 0) is 54.2 Å². The molecule has 2 fully saturated rings. The standard InChI is InChI=1S/C14H20IN3/c1-8-3-2-4-10(7-8)14-17-12(9-5-6-9)11(15)13(16)18-14/h8-10H,2-7H2,1H3,(H2,16,17,18). The summed E-state index contributed by atoms with van der Waals surface area (Å²) in [6.45, 7) is 2.34. The summed E-state index contributed by atoms with van der Waals surface area (Å²) in [7, 11) is 0. The molecule has 1 aromatic rings. The van der Waals surface area contributed by atoms with Crippen LogP contribution >= 0.6 is 22.6 Å². The molecule has 1 heterocycles. The number of hydrogen-bond acceptors (Lipinski definition) is 3. The lowest BCUT2D eigenvalue weighted by molar-refractivity contribution is 0.335. The lowest BCUT2D eigenvalue weighted by Crippen LogP contribution is -2.16. The van der Waals surface area contributed by atoms with Crippen molar-refractivity contribution in [2.45, 2.75) is 57.3 Å². The monoisotopic (exact) mass is 357 g/mol. The van der Waals surface area contributed by atoms with E-state index in [9.17, 15) is 0 Å². The van der Waals surface area contributed by atoms with Crippen molar-refractivity contribution in [1.29, 1.82) is 0 Å². The molecule has 1 aromatic heterocycles. The number of rotatable bonds is 2. The summed E-state index contributed by atoms with van der Waals surface area (Å²) in [6, 6.07) is 0. The lowest BCUT2D eigenvalue weighted by atomic mass is 9.82. The van der Waals surface area contributed by atoms with Gasteiger partial charge in [-0.15, -0.1) is 0 Å². The maximum absolute atomic E-state index is 6.07. The maximum Gasteiger partial charge on any atom is 0.140 e. The van der Waals surface area contributed by atoms with Crippen molar-refractivity contribution in [2.24, 2.45) is 5.92 Å². The number of anilines is 1. The van der Waals surface area contributed by atoms with Crippen LogP contribution in [0, 0.1) is 9.49 Å². The molecule has 4 heteroatoms. The predicted molar refractivity (Wildman–Crippen MR) is 81.5 cm³/mol. The van der Waals surface area contributed by atoms with Gasteiger partial charge in [-0.1, -0.05) is 19.8 Å². The zero-order chi connectivity index (χ0) is 12.7. The minimum atomic E-state index is 0.533. The second-order valence-corrected chi connectivity index (χ2v) is 6.99. The summed E-state index contributed by atoms with van der Waals surface area (Å²) < 4.78 is 1.09. The van der Waals surface area contributed by atoms with Crippen molar-refractivity contribution in [1.82, 2.24) is 9.97 Å². The van der Waals surface area contributed by atoms with E-state index in [-0.39, 0.29) is 0 Å². The molecule has 0 aliphatic heterocycles. The molecule has 98 valence electrons. The first-order chi connectivity index (χ1) is 8.65. The Morgan fingerprint density at radius 3 is 2.56 bits per heavy atom. The molecule has 2 atom stereocenters. The number of hydrogen-bond donors (Lipinski definition) is 1. The van der Waals surface area contributed by atoms with Gasteiger partial charge in [0.15, 0.2) is 0 Å². The number of nitrogens with two attached hydrogens (primary N) is 1. The molecule has 2 N–H and O–H groups in total. The zero-order valence-electron chi connectivity index (χ0n) is 10.8. The van der Waals surface area contributed by atoms with E-state index in [1.54, 1.807) is 0 Å². The molecular weight excluding hydrogens is 337 g/mol. The van der Waals surface area contributed by atoms with Crippen molar-refractivity contribution < 1.29 is 0 Å². The molecule has 2 unspecified atom stereocenters.